The summed E-state index contributed by atoms with van der Waals surface area (Å²) in [4.78, 5) is 16.4. The Hall–Kier alpha value is -2.53. The quantitative estimate of drug-likeness (QED) is 0.740. The molecule has 5 heteroatoms. The first-order valence-electron chi connectivity index (χ1n) is 7.72. The fourth-order valence-corrected chi connectivity index (χ4v) is 3.18. The minimum Gasteiger partial charge on any atom is -0.355 e. The van der Waals surface area contributed by atoms with E-state index in [-0.39, 0.29) is 18.1 Å². The third kappa shape index (κ3) is 4.49. The Morgan fingerprint density at radius 1 is 1.12 bits per heavy atom. The van der Waals surface area contributed by atoms with Crippen LogP contribution >= 0.6 is 11.3 Å². The van der Waals surface area contributed by atoms with Crippen LogP contribution in [0, 0.1) is 5.82 Å². The van der Waals surface area contributed by atoms with Crippen LogP contribution in [-0.2, 0) is 17.6 Å². The number of amides is 1. The molecule has 0 fully saturated rings. The lowest BCUT2D eigenvalue weighted by Crippen LogP contribution is -2.27. The summed E-state index contributed by atoms with van der Waals surface area (Å²) in [7, 11) is 0. The Bertz CT molecular complexity index is 817. The van der Waals surface area contributed by atoms with Gasteiger partial charge in [-0.05, 0) is 24.1 Å². The number of hydrogen-bond donors (Lipinski definition) is 1. The van der Waals surface area contributed by atoms with Gasteiger partial charge in [-0.2, -0.15) is 0 Å². The molecule has 1 N–H and O–H groups in total. The molecule has 0 saturated heterocycles. The van der Waals surface area contributed by atoms with Crippen molar-refractivity contribution in [3.63, 3.8) is 0 Å². The Labute approximate surface area is 144 Å². The maximum atomic E-state index is 13.3. The first-order valence-corrected chi connectivity index (χ1v) is 8.59. The van der Waals surface area contributed by atoms with Crippen molar-refractivity contribution < 1.29 is 9.18 Å². The topological polar surface area (TPSA) is 42.0 Å². The van der Waals surface area contributed by atoms with Crippen LogP contribution < -0.4 is 5.32 Å². The zero-order valence-electron chi connectivity index (χ0n) is 13.0. The number of hydrogen-bond acceptors (Lipinski definition) is 3. The van der Waals surface area contributed by atoms with Gasteiger partial charge in [0.05, 0.1) is 12.1 Å². The van der Waals surface area contributed by atoms with Crippen LogP contribution in [0.25, 0.3) is 10.6 Å². The fraction of sp³-hybridized carbons (Fsp3) is 0.158. The number of benzene rings is 2. The van der Waals surface area contributed by atoms with Crippen molar-refractivity contribution in [1.29, 1.82) is 0 Å². The molecule has 3 aromatic rings. The minimum atomic E-state index is -0.289. The lowest BCUT2D eigenvalue weighted by Gasteiger charge is -2.04. The highest BCUT2D eigenvalue weighted by molar-refractivity contribution is 7.13. The maximum absolute atomic E-state index is 13.3. The standard InChI is InChI=1S/C19H17FN2OS/c20-16-8-4-7-15(11-16)19-22-17(13-24-19)12-18(23)21-10-9-14-5-2-1-3-6-14/h1-8,11,13H,9-10,12H2,(H,21,23). The molecule has 0 aliphatic rings. The number of nitrogens with one attached hydrogen (secondary N) is 1. The molecular formula is C19H17FN2OS. The van der Waals surface area contributed by atoms with Crippen LogP contribution in [0.2, 0.25) is 0 Å². The molecule has 1 amide bonds. The SMILES string of the molecule is O=C(Cc1csc(-c2cccc(F)c2)n1)NCCc1ccccc1. The highest BCUT2D eigenvalue weighted by Crippen LogP contribution is 2.24. The Kier molecular flexibility index (Phi) is 5.33. The van der Waals surface area contributed by atoms with Crippen molar-refractivity contribution in [2.45, 2.75) is 12.8 Å². The first-order chi connectivity index (χ1) is 11.7. The van der Waals surface area contributed by atoms with Crippen molar-refractivity contribution in [3.05, 3.63) is 77.1 Å². The molecule has 0 unspecified atom stereocenters. The van der Waals surface area contributed by atoms with Gasteiger partial charge in [0, 0.05) is 17.5 Å². The van der Waals surface area contributed by atoms with E-state index in [2.05, 4.69) is 10.3 Å². The zero-order chi connectivity index (χ0) is 16.8. The molecule has 24 heavy (non-hydrogen) atoms. The second-order valence-electron chi connectivity index (χ2n) is 5.42. The van der Waals surface area contributed by atoms with E-state index in [0.717, 1.165) is 17.0 Å². The van der Waals surface area contributed by atoms with E-state index in [9.17, 15) is 9.18 Å². The largest absolute Gasteiger partial charge is 0.355 e. The average molecular weight is 340 g/mol. The van der Waals surface area contributed by atoms with Crippen molar-refractivity contribution in [3.8, 4) is 10.6 Å². The molecule has 2 aromatic carbocycles. The normalized spacial score (nSPS) is 10.5. The minimum absolute atomic E-state index is 0.0537. The zero-order valence-corrected chi connectivity index (χ0v) is 13.9. The van der Waals surface area contributed by atoms with Gasteiger partial charge in [0.1, 0.15) is 10.8 Å². The van der Waals surface area contributed by atoms with Crippen LogP contribution in [0.3, 0.4) is 0 Å². The van der Waals surface area contributed by atoms with Gasteiger partial charge in [0.2, 0.25) is 5.91 Å². The number of aromatic nitrogens is 1. The molecule has 0 saturated carbocycles. The molecule has 1 heterocycles. The Balaban J connectivity index is 1.52. The van der Waals surface area contributed by atoms with Crippen molar-refractivity contribution in [2.24, 2.45) is 0 Å². The monoisotopic (exact) mass is 340 g/mol. The van der Waals surface area contributed by atoms with E-state index >= 15 is 0 Å². The van der Waals surface area contributed by atoms with Crippen molar-refractivity contribution >= 4 is 17.2 Å². The number of nitrogens with zero attached hydrogens (tertiary/aromatic N) is 1. The molecule has 0 aliphatic heterocycles. The summed E-state index contributed by atoms with van der Waals surface area (Å²) in [6, 6.07) is 16.3. The molecule has 3 nitrogen and oxygen atoms in total. The fourth-order valence-electron chi connectivity index (χ4n) is 2.36. The second-order valence-corrected chi connectivity index (χ2v) is 6.27. The van der Waals surface area contributed by atoms with E-state index < -0.39 is 0 Å². The van der Waals surface area contributed by atoms with Gasteiger partial charge in [0.15, 0.2) is 0 Å². The van der Waals surface area contributed by atoms with Gasteiger partial charge >= 0.3 is 0 Å². The summed E-state index contributed by atoms with van der Waals surface area (Å²) in [6.45, 7) is 0.601. The molecule has 0 atom stereocenters. The first kappa shape index (κ1) is 16.3. The second kappa shape index (κ2) is 7.84. The number of halogens is 1. The number of thiazole rings is 1. The third-order valence-electron chi connectivity index (χ3n) is 3.54. The summed E-state index contributed by atoms with van der Waals surface area (Å²) in [5.41, 5.74) is 2.63. The van der Waals surface area contributed by atoms with Gasteiger partial charge < -0.3 is 5.32 Å². The van der Waals surface area contributed by atoms with Crippen molar-refractivity contribution in [2.75, 3.05) is 6.54 Å². The predicted molar refractivity (Wildman–Crippen MR) is 94.4 cm³/mol. The molecule has 1 aromatic heterocycles. The molecule has 0 radical (unpaired) electrons. The van der Waals surface area contributed by atoms with Crippen LogP contribution in [0.5, 0.6) is 0 Å². The van der Waals surface area contributed by atoms with Gasteiger partial charge in [-0.3, -0.25) is 4.79 Å². The summed E-state index contributed by atoms with van der Waals surface area (Å²) in [6.07, 6.45) is 1.04. The molecular weight excluding hydrogens is 323 g/mol. The Morgan fingerprint density at radius 3 is 2.75 bits per heavy atom. The molecule has 3 rings (SSSR count). The van der Waals surface area contributed by atoms with Gasteiger partial charge in [-0.15, -0.1) is 11.3 Å². The Morgan fingerprint density at radius 2 is 1.96 bits per heavy atom. The summed E-state index contributed by atoms with van der Waals surface area (Å²) in [5, 5.41) is 5.47. The molecule has 0 aliphatic carbocycles. The van der Waals surface area contributed by atoms with Crippen LogP contribution in [0.1, 0.15) is 11.3 Å². The smallest absolute Gasteiger partial charge is 0.226 e. The van der Waals surface area contributed by atoms with E-state index in [1.165, 1.54) is 29.0 Å². The van der Waals surface area contributed by atoms with Gasteiger partial charge in [-0.25, -0.2) is 9.37 Å². The number of carbonyl (C=O) groups excluding carboxylic acids is 1. The maximum Gasteiger partial charge on any atom is 0.226 e. The predicted octanol–water partition coefficient (Wildman–Crippen LogP) is 3.85. The van der Waals surface area contributed by atoms with E-state index in [1.807, 2.05) is 41.8 Å². The van der Waals surface area contributed by atoms with Crippen LogP contribution in [0.15, 0.2) is 60.0 Å². The third-order valence-corrected chi connectivity index (χ3v) is 4.48. The highest BCUT2D eigenvalue weighted by Gasteiger charge is 2.09. The number of carbonyl (C=O) groups is 1. The molecule has 0 bridgehead atoms. The van der Waals surface area contributed by atoms with E-state index in [0.29, 0.717) is 12.2 Å². The number of rotatable bonds is 6. The van der Waals surface area contributed by atoms with E-state index in [4.69, 9.17) is 0 Å². The molecule has 122 valence electrons. The summed E-state index contributed by atoms with van der Waals surface area (Å²) in [5.74, 6) is -0.343. The lowest BCUT2D eigenvalue weighted by molar-refractivity contribution is -0.120. The average Bonchev–Trinajstić information content (AvgIpc) is 3.04. The highest BCUT2D eigenvalue weighted by atomic mass is 32.1. The molecule has 0 spiro atoms. The van der Waals surface area contributed by atoms with Gasteiger partial charge in [-0.1, -0.05) is 42.5 Å². The summed E-state index contributed by atoms with van der Waals surface area (Å²) < 4.78 is 13.3. The lowest BCUT2D eigenvalue weighted by atomic mass is 10.1. The van der Waals surface area contributed by atoms with Crippen LogP contribution in [-0.4, -0.2) is 17.4 Å². The summed E-state index contributed by atoms with van der Waals surface area (Å²) >= 11 is 1.42. The van der Waals surface area contributed by atoms with Crippen molar-refractivity contribution in [1.82, 2.24) is 10.3 Å². The van der Waals surface area contributed by atoms with E-state index in [1.54, 1.807) is 6.07 Å². The van der Waals surface area contributed by atoms with Gasteiger partial charge in [0.25, 0.3) is 0 Å². The van der Waals surface area contributed by atoms with Crippen LogP contribution in [0.4, 0.5) is 4.39 Å².